The Morgan fingerprint density at radius 1 is 1.14 bits per heavy atom. The molecule has 1 fully saturated rings. The normalized spacial score (nSPS) is 17.0. The molecule has 0 bridgehead atoms. The molecule has 1 saturated heterocycles. The minimum Gasteiger partial charge on any atom is -0.352 e. The van der Waals surface area contributed by atoms with Gasteiger partial charge in [0.25, 0.3) is 5.91 Å². The maximum Gasteiger partial charge on any atom is 0.417 e. The Bertz CT molecular complexity index is 1170. The summed E-state index contributed by atoms with van der Waals surface area (Å²) in [7, 11) is 0. The number of carbonyl (C=O) groups is 1. The molecule has 0 radical (unpaired) electrons. The number of benzene rings is 2. The van der Waals surface area contributed by atoms with Crippen LogP contribution in [-0.4, -0.2) is 41.5 Å². The highest BCUT2D eigenvalue weighted by molar-refractivity contribution is 7.99. The fraction of sp³-hybridized carbons (Fsp3) is 0.407. The molecule has 4 rings (SSSR count). The van der Waals surface area contributed by atoms with Crippen LogP contribution in [-0.2, 0) is 6.18 Å². The molecule has 3 aromatic rings. The highest BCUT2D eigenvalue weighted by Crippen LogP contribution is 2.39. The Balaban J connectivity index is 1.49. The number of likely N-dealkylation sites (tertiary alicyclic amines) is 1. The zero-order valence-corrected chi connectivity index (χ0v) is 20.6. The van der Waals surface area contributed by atoms with E-state index in [0.717, 1.165) is 43.8 Å². The fourth-order valence-electron chi connectivity index (χ4n) is 4.69. The molecule has 1 aliphatic rings. The molecule has 4 nitrogen and oxygen atoms in total. The number of nitrogens with one attached hydrogen (secondary N) is 1. The molecule has 2 heterocycles. The van der Waals surface area contributed by atoms with Crippen molar-refractivity contribution in [2.24, 2.45) is 0 Å². The van der Waals surface area contributed by atoms with Crippen LogP contribution in [0.1, 0.15) is 54.9 Å². The lowest BCUT2D eigenvalue weighted by atomic mass is 10.00. The number of piperidine rings is 1. The lowest BCUT2D eigenvalue weighted by Crippen LogP contribution is -2.40. The molecule has 0 saturated carbocycles. The van der Waals surface area contributed by atoms with E-state index in [4.69, 9.17) is 0 Å². The maximum absolute atomic E-state index is 13.5. The number of para-hydroxylation sites is 1. The Morgan fingerprint density at radius 2 is 1.91 bits per heavy atom. The van der Waals surface area contributed by atoms with Gasteiger partial charge in [-0.3, -0.25) is 4.79 Å². The predicted molar refractivity (Wildman–Crippen MR) is 134 cm³/mol. The van der Waals surface area contributed by atoms with Crippen LogP contribution in [0.5, 0.6) is 0 Å². The number of pyridine rings is 1. The number of rotatable bonds is 8. The lowest BCUT2D eigenvalue weighted by molar-refractivity contribution is -0.139. The van der Waals surface area contributed by atoms with E-state index in [-0.39, 0.29) is 10.8 Å². The molecule has 1 aromatic heterocycles. The molecule has 1 aliphatic heterocycles. The van der Waals surface area contributed by atoms with Gasteiger partial charge in [-0.25, -0.2) is 4.98 Å². The standard InChI is InChI=1S/C27H30F3N3OS/c1-2-19-10-7-8-16-33(19)17-9-15-31-26(34)21-18-25(32-23-13-5-3-11-20(21)23)35-24-14-6-4-12-22(24)27(28,29)30/h3-6,11-14,18-19H,2,7-10,15-17H2,1H3,(H,31,34)/t19-/m0/s1. The summed E-state index contributed by atoms with van der Waals surface area (Å²) >= 11 is 0.920. The van der Waals surface area contributed by atoms with E-state index in [1.165, 1.54) is 31.4 Å². The summed E-state index contributed by atoms with van der Waals surface area (Å²) in [6.45, 7) is 4.83. The van der Waals surface area contributed by atoms with Gasteiger partial charge in [-0.15, -0.1) is 0 Å². The average Bonchev–Trinajstić information content (AvgIpc) is 2.86. The average molecular weight is 502 g/mol. The summed E-state index contributed by atoms with van der Waals surface area (Å²) in [5, 5.41) is 4.04. The second-order valence-electron chi connectivity index (χ2n) is 8.82. The van der Waals surface area contributed by atoms with Crippen LogP contribution < -0.4 is 5.32 Å². The summed E-state index contributed by atoms with van der Waals surface area (Å²) in [6.07, 6.45) is 1.28. The number of hydrogen-bond acceptors (Lipinski definition) is 4. The first-order valence-electron chi connectivity index (χ1n) is 12.1. The first kappa shape index (κ1) is 25.5. The monoisotopic (exact) mass is 501 g/mol. The zero-order valence-electron chi connectivity index (χ0n) is 19.8. The molecule has 35 heavy (non-hydrogen) atoms. The fourth-order valence-corrected chi connectivity index (χ4v) is 5.68. The van der Waals surface area contributed by atoms with E-state index in [2.05, 4.69) is 22.1 Å². The highest BCUT2D eigenvalue weighted by Gasteiger charge is 2.33. The molecular weight excluding hydrogens is 471 g/mol. The van der Waals surface area contributed by atoms with Crippen LogP contribution in [0.4, 0.5) is 13.2 Å². The first-order chi connectivity index (χ1) is 16.9. The van der Waals surface area contributed by atoms with Crippen molar-refractivity contribution in [3.63, 3.8) is 0 Å². The van der Waals surface area contributed by atoms with E-state index in [0.29, 0.717) is 34.1 Å². The van der Waals surface area contributed by atoms with Gasteiger partial charge in [0, 0.05) is 29.4 Å². The van der Waals surface area contributed by atoms with Gasteiger partial charge in [0.15, 0.2) is 0 Å². The Hall–Kier alpha value is -2.58. The van der Waals surface area contributed by atoms with Crippen LogP contribution in [0, 0.1) is 0 Å². The van der Waals surface area contributed by atoms with E-state index in [1.54, 1.807) is 24.3 Å². The summed E-state index contributed by atoms with van der Waals surface area (Å²) in [5.74, 6) is -0.236. The summed E-state index contributed by atoms with van der Waals surface area (Å²) in [5.41, 5.74) is 0.285. The number of carbonyl (C=O) groups excluding carboxylic acids is 1. The first-order valence-corrected chi connectivity index (χ1v) is 12.9. The summed E-state index contributed by atoms with van der Waals surface area (Å²) in [6, 6.07) is 14.9. The van der Waals surface area contributed by atoms with Gasteiger partial charge in [0.05, 0.1) is 16.6 Å². The van der Waals surface area contributed by atoms with Crippen LogP contribution in [0.25, 0.3) is 10.9 Å². The van der Waals surface area contributed by atoms with Crippen LogP contribution in [0.15, 0.2) is 64.5 Å². The van der Waals surface area contributed by atoms with Gasteiger partial charge in [0.1, 0.15) is 5.03 Å². The largest absolute Gasteiger partial charge is 0.417 e. The molecule has 1 N–H and O–H groups in total. The van der Waals surface area contributed by atoms with Crippen molar-refractivity contribution in [3.05, 3.63) is 65.7 Å². The van der Waals surface area contributed by atoms with Crippen LogP contribution in [0.3, 0.4) is 0 Å². The van der Waals surface area contributed by atoms with Gasteiger partial charge in [-0.2, -0.15) is 13.2 Å². The van der Waals surface area contributed by atoms with Crippen molar-refractivity contribution in [1.29, 1.82) is 0 Å². The smallest absolute Gasteiger partial charge is 0.352 e. The van der Waals surface area contributed by atoms with Gasteiger partial charge in [0.2, 0.25) is 0 Å². The molecule has 1 amide bonds. The topological polar surface area (TPSA) is 45.2 Å². The van der Waals surface area contributed by atoms with Crippen molar-refractivity contribution >= 4 is 28.6 Å². The van der Waals surface area contributed by atoms with E-state index >= 15 is 0 Å². The number of hydrogen-bond donors (Lipinski definition) is 1. The van der Waals surface area contributed by atoms with Crippen molar-refractivity contribution < 1.29 is 18.0 Å². The number of alkyl halides is 3. The number of amides is 1. The summed E-state index contributed by atoms with van der Waals surface area (Å²) < 4.78 is 40.4. The van der Waals surface area contributed by atoms with Gasteiger partial charge in [-0.05, 0) is 56.5 Å². The Morgan fingerprint density at radius 3 is 2.71 bits per heavy atom. The van der Waals surface area contributed by atoms with Crippen LogP contribution >= 0.6 is 11.8 Å². The molecule has 2 aromatic carbocycles. The van der Waals surface area contributed by atoms with Crippen molar-refractivity contribution in [3.8, 4) is 0 Å². The third kappa shape index (κ3) is 6.35. The second-order valence-corrected chi connectivity index (χ2v) is 9.89. The van der Waals surface area contributed by atoms with Gasteiger partial charge < -0.3 is 10.2 Å². The molecule has 0 aliphatic carbocycles. The van der Waals surface area contributed by atoms with Crippen LogP contribution in [0.2, 0.25) is 0 Å². The highest BCUT2D eigenvalue weighted by atomic mass is 32.2. The van der Waals surface area contributed by atoms with Crippen molar-refractivity contribution in [2.75, 3.05) is 19.6 Å². The zero-order chi connectivity index (χ0) is 24.8. The third-order valence-electron chi connectivity index (χ3n) is 6.47. The molecule has 8 heteroatoms. The minimum absolute atomic E-state index is 0.0566. The van der Waals surface area contributed by atoms with Gasteiger partial charge in [-0.1, -0.05) is 55.4 Å². The maximum atomic E-state index is 13.5. The number of nitrogens with zero attached hydrogens (tertiary/aromatic N) is 2. The number of halogens is 3. The SMILES string of the molecule is CC[C@H]1CCCCN1CCCNC(=O)c1cc(Sc2ccccc2C(F)(F)F)nc2ccccc12. The second kappa shape index (κ2) is 11.4. The molecule has 1 atom stereocenters. The van der Waals surface area contributed by atoms with E-state index < -0.39 is 11.7 Å². The summed E-state index contributed by atoms with van der Waals surface area (Å²) in [4.78, 5) is 20.2. The predicted octanol–water partition coefficient (Wildman–Crippen LogP) is 6.79. The van der Waals surface area contributed by atoms with Crippen molar-refractivity contribution in [1.82, 2.24) is 15.2 Å². The van der Waals surface area contributed by atoms with E-state index in [9.17, 15) is 18.0 Å². The lowest BCUT2D eigenvalue weighted by Gasteiger charge is -2.35. The molecule has 186 valence electrons. The molecule has 0 unspecified atom stereocenters. The quantitative estimate of drug-likeness (QED) is 0.345. The molecular formula is C27H30F3N3OS. The molecule has 0 spiro atoms. The Labute approximate surface area is 208 Å². The minimum atomic E-state index is -4.47. The third-order valence-corrected chi connectivity index (χ3v) is 7.47. The number of aromatic nitrogens is 1. The van der Waals surface area contributed by atoms with Gasteiger partial charge >= 0.3 is 6.18 Å². The van der Waals surface area contributed by atoms with Crippen molar-refractivity contribution in [2.45, 2.75) is 61.2 Å². The number of fused-ring (bicyclic) bond motifs is 1. The Kier molecular flexibility index (Phi) is 8.34. The van der Waals surface area contributed by atoms with E-state index in [1.807, 2.05) is 12.1 Å².